The summed E-state index contributed by atoms with van der Waals surface area (Å²) in [5.41, 5.74) is 2.49. The van der Waals surface area contributed by atoms with E-state index in [1.54, 1.807) is 36.7 Å². The van der Waals surface area contributed by atoms with E-state index >= 15 is 0 Å². The number of benzene rings is 2. The summed E-state index contributed by atoms with van der Waals surface area (Å²) in [5.74, 6) is -1.42. The van der Waals surface area contributed by atoms with Gasteiger partial charge < -0.3 is 9.84 Å². The molecule has 0 aliphatic carbocycles. The first kappa shape index (κ1) is 29.9. The molecular formula is C31H39N3O4Si. The van der Waals surface area contributed by atoms with Crippen LogP contribution < -0.4 is 0 Å². The standard InChI is InChI=1S/C26H34N2O4Si.C5H5N/c1-5-6-7-12-23-22-14-13-19(25(29)20-10-8-9-11-21(20)26(30)31)17-24(22)28(27-23)18-32-15-16-33(2,3)4;1-2-4-6-5-3-1/h8-11,13-14,17H,5-7,12,15-16,18H2,1-4H3,(H,30,31);1-5H. The van der Waals surface area contributed by atoms with Gasteiger partial charge in [-0.3, -0.25) is 9.78 Å². The van der Waals surface area contributed by atoms with Crippen LogP contribution in [0.25, 0.3) is 10.9 Å². The van der Waals surface area contributed by atoms with Crippen molar-refractivity contribution in [3.8, 4) is 0 Å². The second-order valence-corrected chi connectivity index (χ2v) is 16.3. The fourth-order valence-electron chi connectivity index (χ4n) is 4.07. The molecule has 0 atom stereocenters. The Bertz CT molecular complexity index is 1340. The van der Waals surface area contributed by atoms with Crippen molar-refractivity contribution in [1.82, 2.24) is 14.8 Å². The van der Waals surface area contributed by atoms with Crippen LogP contribution in [0.4, 0.5) is 0 Å². The lowest BCUT2D eigenvalue weighted by Crippen LogP contribution is -2.22. The zero-order valence-electron chi connectivity index (χ0n) is 23.4. The lowest BCUT2D eigenvalue weighted by atomic mass is 9.97. The van der Waals surface area contributed by atoms with Crippen LogP contribution in [0.5, 0.6) is 0 Å². The molecule has 0 saturated heterocycles. The van der Waals surface area contributed by atoms with Crippen molar-refractivity contribution in [2.45, 2.75) is 65.0 Å². The fourth-order valence-corrected chi connectivity index (χ4v) is 4.83. The van der Waals surface area contributed by atoms with Crippen molar-refractivity contribution < 1.29 is 19.4 Å². The minimum Gasteiger partial charge on any atom is -0.478 e. The molecule has 2 heterocycles. The molecule has 7 nitrogen and oxygen atoms in total. The third-order valence-corrected chi connectivity index (χ3v) is 7.99. The summed E-state index contributed by atoms with van der Waals surface area (Å²) >= 11 is 0. The van der Waals surface area contributed by atoms with Gasteiger partial charge >= 0.3 is 5.97 Å². The fraction of sp³-hybridized carbons (Fsp3) is 0.355. The van der Waals surface area contributed by atoms with Gasteiger partial charge in [0, 0.05) is 43.6 Å². The van der Waals surface area contributed by atoms with Crippen LogP contribution in [0.15, 0.2) is 73.1 Å². The number of aryl methyl sites for hydroxylation is 1. The highest BCUT2D eigenvalue weighted by molar-refractivity contribution is 6.76. The van der Waals surface area contributed by atoms with Crippen LogP contribution in [0, 0.1) is 0 Å². The Morgan fingerprint density at radius 2 is 1.67 bits per heavy atom. The van der Waals surface area contributed by atoms with Crippen molar-refractivity contribution >= 4 is 30.7 Å². The number of hydrogen-bond donors (Lipinski definition) is 1. The average molecular weight is 546 g/mol. The number of pyridine rings is 1. The van der Waals surface area contributed by atoms with E-state index < -0.39 is 14.0 Å². The van der Waals surface area contributed by atoms with Crippen LogP contribution in [0.2, 0.25) is 25.7 Å². The van der Waals surface area contributed by atoms with Crippen molar-refractivity contribution in [3.05, 3.63) is 95.4 Å². The third-order valence-electron chi connectivity index (χ3n) is 6.29. The molecular weight excluding hydrogens is 506 g/mol. The zero-order valence-corrected chi connectivity index (χ0v) is 24.4. The van der Waals surface area contributed by atoms with E-state index in [1.165, 1.54) is 6.07 Å². The number of unbranched alkanes of at least 4 members (excludes halogenated alkanes) is 2. The minimum atomic E-state index is -1.19. The Labute approximate surface area is 231 Å². The molecule has 0 spiro atoms. The van der Waals surface area contributed by atoms with E-state index in [2.05, 4.69) is 31.5 Å². The Hall–Kier alpha value is -3.62. The van der Waals surface area contributed by atoms with Gasteiger partial charge in [-0.15, -0.1) is 0 Å². The number of nitrogens with zero attached hydrogens (tertiary/aromatic N) is 3. The topological polar surface area (TPSA) is 94.3 Å². The number of fused-ring (bicyclic) bond motifs is 1. The first-order chi connectivity index (χ1) is 18.7. The number of ketones is 1. The molecule has 0 aliphatic rings. The number of carbonyl (C=O) groups excluding carboxylic acids is 1. The predicted octanol–water partition coefficient (Wildman–Crippen LogP) is 7.09. The maximum Gasteiger partial charge on any atom is 0.336 e. The van der Waals surface area contributed by atoms with Gasteiger partial charge in [-0.1, -0.05) is 75.8 Å². The van der Waals surface area contributed by atoms with Crippen molar-refractivity contribution in [2.24, 2.45) is 0 Å². The van der Waals surface area contributed by atoms with Crippen LogP contribution in [0.3, 0.4) is 0 Å². The number of ether oxygens (including phenoxy) is 1. The van der Waals surface area contributed by atoms with Gasteiger partial charge in [-0.05, 0) is 43.2 Å². The monoisotopic (exact) mass is 545 g/mol. The number of carboxylic acid groups (broad SMARTS) is 1. The summed E-state index contributed by atoms with van der Waals surface area (Å²) in [6, 6.07) is 18.6. The largest absolute Gasteiger partial charge is 0.478 e. The zero-order chi connectivity index (χ0) is 28.3. The second-order valence-electron chi connectivity index (χ2n) is 10.7. The third kappa shape index (κ3) is 8.97. The van der Waals surface area contributed by atoms with E-state index in [4.69, 9.17) is 9.84 Å². The van der Waals surface area contributed by atoms with Crippen molar-refractivity contribution in [3.63, 3.8) is 0 Å². The van der Waals surface area contributed by atoms with Gasteiger partial charge in [0.15, 0.2) is 5.78 Å². The van der Waals surface area contributed by atoms with Gasteiger partial charge in [0.1, 0.15) is 6.73 Å². The normalized spacial score (nSPS) is 11.2. The molecule has 1 N–H and O–H groups in total. The molecule has 39 heavy (non-hydrogen) atoms. The number of rotatable bonds is 12. The SMILES string of the molecule is CCCCCc1nn(COCC[Si](C)(C)C)c2cc(C(=O)c3ccccc3C(=O)O)ccc12.c1ccncc1. The summed E-state index contributed by atoms with van der Waals surface area (Å²) < 4.78 is 7.78. The summed E-state index contributed by atoms with van der Waals surface area (Å²) in [6.45, 7) is 10.1. The molecule has 2 aromatic carbocycles. The van der Waals surface area contributed by atoms with Crippen molar-refractivity contribution in [1.29, 1.82) is 0 Å². The van der Waals surface area contributed by atoms with Gasteiger partial charge in [-0.25, -0.2) is 9.48 Å². The maximum atomic E-state index is 13.2. The van der Waals surface area contributed by atoms with Crippen LogP contribution >= 0.6 is 0 Å². The number of hydrogen-bond acceptors (Lipinski definition) is 5. The number of carboxylic acids is 1. The molecule has 2 aromatic heterocycles. The minimum absolute atomic E-state index is 0.00559. The first-order valence-electron chi connectivity index (χ1n) is 13.5. The Balaban J connectivity index is 0.000000617. The van der Waals surface area contributed by atoms with Crippen LogP contribution in [0.1, 0.15) is 58.2 Å². The van der Waals surface area contributed by atoms with Gasteiger partial charge in [-0.2, -0.15) is 5.10 Å². The Morgan fingerprint density at radius 1 is 0.949 bits per heavy atom. The lowest BCUT2D eigenvalue weighted by Gasteiger charge is -2.15. The van der Waals surface area contributed by atoms with E-state index in [9.17, 15) is 14.7 Å². The van der Waals surface area contributed by atoms with Gasteiger partial charge in [0.2, 0.25) is 0 Å². The maximum absolute atomic E-state index is 13.2. The summed E-state index contributed by atoms with van der Waals surface area (Å²) in [4.78, 5) is 28.6. The van der Waals surface area contributed by atoms with E-state index in [0.29, 0.717) is 18.9 Å². The molecule has 0 amide bonds. The van der Waals surface area contributed by atoms with E-state index in [1.807, 2.05) is 35.0 Å². The van der Waals surface area contributed by atoms with Crippen LogP contribution in [-0.4, -0.2) is 46.3 Å². The van der Waals surface area contributed by atoms with E-state index in [-0.39, 0.29) is 16.9 Å². The van der Waals surface area contributed by atoms with Crippen molar-refractivity contribution in [2.75, 3.05) is 6.61 Å². The molecule has 0 fully saturated rings. The summed E-state index contributed by atoms with van der Waals surface area (Å²) in [7, 11) is -1.19. The molecule has 0 aliphatic heterocycles. The molecule has 206 valence electrons. The molecule has 4 rings (SSSR count). The van der Waals surface area contributed by atoms with Gasteiger partial charge in [0.05, 0.1) is 16.8 Å². The quantitative estimate of drug-likeness (QED) is 0.116. The Kier molecular flexibility index (Phi) is 11.1. The highest BCUT2D eigenvalue weighted by atomic mass is 28.3. The Morgan fingerprint density at radius 3 is 2.26 bits per heavy atom. The number of carbonyl (C=O) groups is 2. The second kappa shape index (κ2) is 14.5. The number of aromatic carboxylic acids is 1. The smallest absolute Gasteiger partial charge is 0.336 e. The first-order valence-corrected chi connectivity index (χ1v) is 17.2. The highest BCUT2D eigenvalue weighted by Crippen LogP contribution is 2.24. The highest BCUT2D eigenvalue weighted by Gasteiger charge is 2.20. The van der Waals surface area contributed by atoms with E-state index in [0.717, 1.165) is 48.3 Å². The molecule has 4 aromatic rings. The molecule has 0 saturated carbocycles. The van der Waals surface area contributed by atoms with Gasteiger partial charge in [0.25, 0.3) is 0 Å². The predicted molar refractivity (Wildman–Crippen MR) is 158 cm³/mol. The summed E-state index contributed by atoms with van der Waals surface area (Å²) in [6.07, 6.45) is 7.72. The summed E-state index contributed by atoms with van der Waals surface area (Å²) in [5, 5.41) is 15.3. The molecule has 0 bridgehead atoms. The van der Waals surface area contributed by atoms with Crippen LogP contribution in [-0.2, 0) is 17.9 Å². The number of aromatic nitrogens is 3. The molecule has 0 radical (unpaired) electrons. The lowest BCUT2D eigenvalue weighted by molar-refractivity contribution is 0.0692. The molecule has 0 unspecified atom stereocenters. The molecule has 8 heteroatoms. The average Bonchev–Trinajstić information content (AvgIpc) is 3.28.